The van der Waals surface area contributed by atoms with Crippen molar-refractivity contribution < 1.29 is 14.7 Å². The summed E-state index contributed by atoms with van der Waals surface area (Å²) in [5.74, 6) is -1.49. The molecule has 0 aromatic rings. The lowest BCUT2D eigenvalue weighted by molar-refractivity contribution is -0.130. The molecular weight excluding hydrogens is 150 g/mol. The predicted molar refractivity (Wildman–Crippen MR) is 38.0 cm³/mol. The molecule has 0 aliphatic rings. The number of carboxylic acids is 1. The van der Waals surface area contributed by atoms with Crippen molar-refractivity contribution in [3.8, 4) is 0 Å². The highest BCUT2D eigenvalue weighted by Gasteiger charge is 2.08. The Morgan fingerprint density at radius 2 is 2.27 bits per heavy atom. The van der Waals surface area contributed by atoms with Crippen LogP contribution in [-0.4, -0.2) is 42.4 Å². The first-order valence-corrected chi connectivity index (χ1v) is 2.76. The van der Waals surface area contributed by atoms with E-state index in [1.54, 1.807) is 0 Å². The molecule has 0 aliphatic heterocycles. The van der Waals surface area contributed by atoms with Gasteiger partial charge < -0.3 is 5.11 Å². The summed E-state index contributed by atoms with van der Waals surface area (Å²) in [7, 11) is 2.69. The molecule has 6 heteroatoms. The molecule has 0 unspecified atom stereocenters. The number of carboxylic acid groups (broad SMARTS) is 1. The first-order chi connectivity index (χ1) is 5.11. The topological polar surface area (TPSA) is 82.0 Å². The van der Waals surface area contributed by atoms with E-state index in [0.29, 0.717) is 6.41 Å². The second-order valence-corrected chi connectivity index (χ2v) is 1.71. The molecule has 62 valence electrons. The number of carbonyl (C=O) groups excluding carboxylic acids is 1. The van der Waals surface area contributed by atoms with Gasteiger partial charge in [-0.25, -0.2) is 4.79 Å². The van der Waals surface area contributed by atoms with Crippen molar-refractivity contribution in [2.75, 3.05) is 14.1 Å². The van der Waals surface area contributed by atoms with Gasteiger partial charge in [-0.3, -0.25) is 20.2 Å². The fourth-order valence-corrected chi connectivity index (χ4v) is 0.387. The zero-order valence-corrected chi connectivity index (χ0v) is 6.24. The molecule has 0 aliphatic carbocycles. The number of aliphatic imine (C=N–C) groups is 1. The van der Waals surface area contributed by atoms with Gasteiger partial charge >= 0.3 is 5.97 Å². The van der Waals surface area contributed by atoms with Crippen LogP contribution >= 0.6 is 0 Å². The largest absolute Gasteiger partial charge is 0.475 e. The van der Waals surface area contributed by atoms with E-state index in [9.17, 15) is 9.59 Å². The molecule has 11 heavy (non-hydrogen) atoms. The summed E-state index contributed by atoms with van der Waals surface area (Å²) in [5, 5.41) is 9.34. The minimum Gasteiger partial charge on any atom is -0.475 e. The summed E-state index contributed by atoms with van der Waals surface area (Å²) in [6.07, 6.45) is 0.439. The number of rotatable bonds is 2. The molecule has 0 radical (unpaired) electrons. The van der Waals surface area contributed by atoms with Crippen LogP contribution in [0, 0.1) is 0 Å². The van der Waals surface area contributed by atoms with Crippen molar-refractivity contribution in [3.05, 3.63) is 0 Å². The van der Waals surface area contributed by atoms with Gasteiger partial charge in [0, 0.05) is 14.1 Å². The van der Waals surface area contributed by atoms with Crippen LogP contribution in [0.5, 0.6) is 0 Å². The van der Waals surface area contributed by atoms with Crippen LogP contribution in [-0.2, 0) is 9.59 Å². The van der Waals surface area contributed by atoms with Gasteiger partial charge in [0.05, 0.1) is 0 Å². The summed E-state index contributed by atoms with van der Waals surface area (Å²) in [6, 6.07) is 0. The van der Waals surface area contributed by atoms with Gasteiger partial charge in [0.2, 0.25) is 12.2 Å². The standard InChI is InChI=1S/C5H9N3O3/c1-6-4(5(10)11)7-8(2)3-9/h3H,1-2H3,(H,6,7)(H,10,11). The highest BCUT2D eigenvalue weighted by atomic mass is 16.4. The van der Waals surface area contributed by atoms with Crippen LogP contribution in [0.1, 0.15) is 0 Å². The second kappa shape index (κ2) is 4.26. The van der Waals surface area contributed by atoms with Gasteiger partial charge in [0.15, 0.2) is 0 Å². The monoisotopic (exact) mass is 159 g/mol. The smallest absolute Gasteiger partial charge is 0.372 e. The summed E-state index contributed by atoms with van der Waals surface area (Å²) >= 11 is 0. The van der Waals surface area contributed by atoms with Crippen molar-refractivity contribution in [3.63, 3.8) is 0 Å². The van der Waals surface area contributed by atoms with Crippen LogP contribution < -0.4 is 5.43 Å². The third-order valence-electron chi connectivity index (χ3n) is 0.867. The molecule has 0 heterocycles. The Labute approximate surface area is 63.5 Å². The van der Waals surface area contributed by atoms with Gasteiger partial charge in [0.25, 0.3) is 0 Å². The minimum atomic E-state index is -1.21. The number of amides is 1. The Kier molecular flexibility index (Phi) is 3.65. The molecule has 0 rings (SSSR count). The number of carbonyl (C=O) groups is 2. The lowest BCUT2D eigenvalue weighted by Crippen LogP contribution is -2.42. The van der Waals surface area contributed by atoms with E-state index in [2.05, 4.69) is 10.4 Å². The first-order valence-electron chi connectivity index (χ1n) is 2.76. The Morgan fingerprint density at radius 3 is 2.55 bits per heavy atom. The van der Waals surface area contributed by atoms with Crippen LogP contribution in [0.25, 0.3) is 0 Å². The molecule has 0 saturated carbocycles. The summed E-state index contributed by atoms with van der Waals surface area (Å²) in [5.41, 5.74) is 2.23. The van der Waals surface area contributed by atoms with Crippen LogP contribution in [0.2, 0.25) is 0 Å². The molecule has 0 bridgehead atoms. The molecule has 0 aromatic carbocycles. The Balaban J connectivity index is 4.10. The maximum atomic E-state index is 10.2. The number of amidine groups is 1. The number of hydrogen-bond acceptors (Lipinski definition) is 3. The Morgan fingerprint density at radius 1 is 1.73 bits per heavy atom. The van der Waals surface area contributed by atoms with Crippen molar-refractivity contribution >= 4 is 18.2 Å². The number of nitrogens with zero attached hydrogens (tertiary/aromatic N) is 2. The van der Waals surface area contributed by atoms with Gasteiger partial charge in [-0.15, -0.1) is 0 Å². The fraction of sp³-hybridized carbons (Fsp3) is 0.400. The molecule has 2 N–H and O–H groups in total. The van der Waals surface area contributed by atoms with E-state index in [4.69, 9.17) is 5.11 Å². The van der Waals surface area contributed by atoms with Gasteiger partial charge in [-0.2, -0.15) is 0 Å². The van der Waals surface area contributed by atoms with E-state index >= 15 is 0 Å². The van der Waals surface area contributed by atoms with E-state index in [0.717, 1.165) is 5.01 Å². The molecule has 0 spiro atoms. The molecular formula is C5H9N3O3. The average molecular weight is 159 g/mol. The van der Waals surface area contributed by atoms with Gasteiger partial charge in [-0.05, 0) is 0 Å². The molecule has 1 amide bonds. The molecule has 6 nitrogen and oxygen atoms in total. The molecule has 0 saturated heterocycles. The minimum absolute atomic E-state index is 0.278. The highest BCUT2D eigenvalue weighted by Crippen LogP contribution is 1.73. The quantitative estimate of drug-likeness (QED) is 0.227. The van der Waals surface area contributed by atoms with Crippen molar-refractivity contribution in [2.24, 2.45) is 4.99 Å². The maximum Gasteiger partial charge on any atom is 0.372 e. The van der Waals surface area contributed by atoms with E-state index in [-0.39, 0.29) is 5.84 Å². The summed E-state index contributed by atoms with van der Waals surface area (Å²) < 4.78 is 0. The zero-order chi connectivity index (χ0) is 8.85. The van der Waals surface area contributed by atoms with Crippen molar-refractivity contribution in [1.82, 2.24) is 10.4 Å². The van der Waals surface area contributed by atoms with Crippen molar-refractivity contribution in [1.29, 1.82) is 0 Å². The first kappa shape index (κ1) is 9.41. The SMILES string of the molecule is CN=C(NN(C)C=O)C(=O)O. The predicted octanol–water partition coefficient (Wildman–Crippen LogP) is -1.31. The second-order valence-electron chi connectivity index (χ2n) is 1.71. The highest BCUT2D eigenvalue weighted by molar-refractivity contribution is 6.34. The maximum absolute atomic E-state index is 10.2. The van der Waals surface area contributed by atoms with Crippen molar-refractivity contribution in [2.45, 2.75) is 0 Å². The van der Waals surface area contributed by atoms with Gasteiger partial charge in [-0.1, -0.05) is 0 Å². The number of nitrogens with one attached hydrogen (secondary N) is 1. The summed E-state index contributed by atoms with van der Waals surface area (Å²) in [6.45, 7) is 0. The molecule has 0 fully saturated rings. The Bertz CT molecular complexity index is 189. The summed E-state index contributed by atoms with van der Waals surface area (Å²) in [4.78, 5) is 23.6. The average Bonchev–Trinajstić information content (AvgIpc) is 1.99. The molecule has 0 atom stereocenters. The van der Waals surface area contributed by atoms with Crippen LogP contribution in [0.4, 0.5) is 0 Å². The Hall–Kier alpha value is -1.59. The number of aliphatic carboxylic acids is 1. The third-order valence-corrected chi connectivity index (χ3v) is 0.867. The lowest BCUT2D eigenvalue weighted by Gasteiger charge is -2.11. The number of hydrazine groups is 1. The van der Waals surface area contributed by atoms with E-state index in [1.165, 1.54) is 14.1 Å². The normalized spacial score (nSPS) is 10.5. The third kappa shape index (κ3) is 3.19. The molecule has 0 aromatic heterocycles. The lowest BCUT2D eigenvalue weighted by atomic mass is 10.6. The zero-order valence-electron chi connectivity index (χ0n) is 6.24. The van der Waals surface area contributed by atoms with E-state index in [1.807, 2.05) is 0 Å². The number of hydrogen-bond donors (Lipinski definition) is 2. The van der Waals surface area contributed by atoms with Gasteiger partial charge in [0.1, 0.15) is 0 Å². The van der Waals surface area contributed by atoms with E-state index < -0.39 is 5.97 Å². The van der Waals surface area contributed by atoms with Crippen LogP contribution in [0.3, 0.4) is 0 Å². The fourth-order valence-electron chi connectivity index (χ4n) is 0.387. The van der Waals surface area contributed by atoms with Crippen LogP contribution in [0.15, 0.2) is 4.99 Å².